The monoisotopic (exact) mass is 675 g/mol. The first-order valence-electron chi connectivity index (χ1n) is 16.3. The normalized spacial score (nSPS) is 14.1. The fourth-order valence-corrected chi connectivity index (χ4v) is 8.12. The molecular formula is C35H36BN8O4S. The van der Waals surface area contributed by atoms with Gasteiger partial charge >= 0.3 is 122 Å². The van der Waals surface area contributed by atoms with Gasteiger partial charge in [-0.05, 0) is 84.5 Å². The van der Waals surface area contributed by atoms with Crippen LogP contribution in [0.2, 0.25) is 0 Å². The molecule has 0 aliphatic carbocycles. The van der Waals surface area contributed by atoms with Crippen LogP contribution in [0.3, 0.4) is 0 Å². The minimum atomic E-state index is -3.77. The number of hydrogen-bond donors (Lipinski definition) is 2. The van der Waals surface area contributed by atoms with Crippen molar-refractivity contribution in [2.75, 3.05) is 26.7 Å². The number of benzene rings is 3. The molecule has 7 rings (SSSR count). The summed E-state index contributed by atoms with van der Waals surface area (Å²) in [6.45, 7) is 2.62. The summed E-state index contributed by atoms with van der Waals surface area (Å²) < 4.78 is 36.2. The van der Waals surface area contributed by atoms with Crippen LogP contribution in [-0.4, -0.2) is 88.8 Å². The van der Waals surface area contributed by atoms with Crippen LogP contribution >= 0.6 is 0 Å². The number of piperidine rings is 1. The Labute approximate surface area is 284 Å². The summed E-state index contributed by atoms with van der Waals surface area (Å²) in [6, 6.07) is 22.2. The molecule has 49 heavy (non-hydrogen) atoms. The summed E-state index contributed by atoms with van der Waals surface area (Å²) in [5, 5.41) is 11.9. The molecule has 6 aromatic rings. The molecular weight excluding hydrogens is 639 g/mol. The van der Waals surface area contributed by atoms with Gasteiger partial charge in [-0.1, -0.05) is 18.2 Å². The van der Waals surface area contributed by atoms with Gasteiger partial charge in [0.2, 0.25) is 10.0 Å². The van der Waals surface area contributed by atoms with Crippen molar-refractivity contribution in [3.05, 3.63) is 101 Å². The fourth-order valence-electron chi connectivity index (χ4n) is 6.40. The summed E-state index contributed by atoms with van der Waals surface area (Å²) in [6.07, 6.45) is 6.15. The number of rotatable bonds is 12. The Morgan fingerprint density at radius 2 is 1.71 bits per heavy atom. The molecule has 1 saturated heterocycles. The van der Waals surface area contributed by atoms with E-state index in [4.69, 9.17) is 12.1 Å². The second kappa shape index (κ2) is 13.9. The summed E-state index contributed by atoms with van der Waals surface area (Å²) in [5.41, 5.74) is 5.77. The van der Waals surface area contributed by atoms with Gasteiger partial charge in [0, 0.05) is 12.6 Å². The second-order valence-electron chi connectivity index (χ2n) is 12.4. The minimum absolute atomic E-state index is 0.0807. The SMILES string of the molecule is [B]=CN(C)Cc1ccc(-n2cc3cc(-c4ccc(S(=O)(=O)N(CCCc5ccc6nonc6c5)C5CCNCC5)cc4)[nH]c3nc2=O)cc1. The number of hydrogen-bond acceptors (Lipinski definition) is 9. The average Bonchev–Trinajstić information content (AvgIpc) is 3.77. The molecule has 0 atom stereocenters. The Kier molecular flexibility index (Phi) is 9.26. The number of nitrogens with one attached hydrogen (secondary N) is 2. The predicted molar refractivity (Wildman–Crippen MR) is 190 cm³/mol. The van der Waals surface area contributed by atoms with Gasteiger partial charge in [-0.2, -0.15) is 4.31 Å². The van der Waals surface area contributed by atoms with Gasteiger partial charge in [0.15, 0.2) is 0 Å². The van der Waals surface area contributed by atoms with E-state index < -0.39 is 15.7 Å². The Morgan fingerprint density at radius 3 is 2.47 bits per heavy atom. The van der Waals surface area contributed by atoms with Crippen LogP contribution in [0.5, 0.6) is 0 Å². The van der Waals surface area contributed by atoms with E-state index in [1.54, 1.807) is 34.8 Å². The van der Waals surface area contributed by atoms with E-state index in [2.05, 4.69) is 25.6 Å². The van der Waals surface area contributed by atoms with Crippen molar-refractivity contribution >= 4 is 45.7 Å². The topological polar surface area (TPSA) is 142 Å². The molecule has 1 fully saturated rings. The van der Waals surface area contributed by atoms with Gasteiger partial charge in [-0.25, -0.2) is 13.0 Å². The number of nitrogens with zero attached hydrogens (tertiary/aromatic N) is 6. The van der Waals surface area contributed by atoms with E-state index in [1.807, 2.05) is 60.5 Å². The van der Waals surface area contributed by atoms with Crippen molar-refractivity contribution in [2.24, 2.45) is 0 Å². The van der Waals surface area contributed by atoms with Gasteiger partial charge in [0.05, 0.1) is 4.90 Å². The van der Waals surface area contributed by atoms with Crippen LogP contribution in [0.1, 0.15) is 30.4 Å². The average molecular weight is 676 g/mol. The molecule has 4 heterocycles. The number of aryl methyl sites for hydroxylation is 1. The molecule has 3 aromatic heterocycles. The number of aromatic amines is 1. The molecule has 249 valence electrons. The maximum absolute atomic E-state index is 14.1. The van der Waals surface area contributed by atoms with Crippen LogP contribution in [0.25, 0.3) is 39.0 Å². The predicted octanol–water partition coefficient (Wildman–Crippen LogP) is 3.65. The molecule has 12 nitrogen and oxygen atoms in total. The Hall–Kier alpha value is -4.92. The van der Waals surface area contributed by atoms with Crippen molar-refractivity contribution in [2.45, 2.75) is 43.2 Å². The summed E-state index contributed by atoms with van der Waals surface area (Å²) in [5.74, 6) is 0. The van der Waals surface area contributed by atoms with Crippen LogP contribution in [0.15, 0.2) is 93.3 Å². The second-order valence-corrected chi connectivity index (χ2v) is 14.3. The number of H-pyrrole nitrogens is 1. The number of sulfonamides is 1. The molecule has 0 unspecified atom stereocenters. The van der Waals surface area contributed by atoms with E-state index in [1.165, 1.54) is 10.7 Å². The van der Waals surface area contributed by atoms with Gasteiger partial charge in [0.25, 0.3) is 0 Å². The molecule has 0 spiro atoms. The number of aromatic nitrogens is 5. The number of fused-ring (bicyclic) bond motifs is 2. The third-order valence-electron chi connectivity index (χ3n) is 9.06. The first-order valence-corrected chi connectivity index (χ1v) is 17.7. The van der Waals surface area contributed by atoms with Crippen molar-refractivity contribution in [1.29, 1.82) is 0 Å². The molecule has 14 heteroatoms. The Bertz CT molecular complexity index is 2260. The molecule has 1 aliphatic heterocycles. The van der Waals surface area contributed by atoms with E-state index in [0.29, 0.717) is 48.3 Å². The van der Waals surface area contributed by atoms with Gasteiger partial charge in [-0.15, -0.1) is 0 Å². The molecule has 1 radical (unpaired) electrons. The van der Waals surface area contributed by atoms with E-state index in [0.717, 1.165) is 53.7 Å². The summed E-state index contributed by atoms with van der Waals surface area (Å²) in [4.78, 5) is 22.6. The molecule has 0 bridgehead atoms. The van der Waals surface area contributed by atoms with Gasteiger partial charge in [0.1, 0.15) is 11.0 Å². The van der Waals surface area contributed by atoms with Crippen LogP contribution in [-0.2, 0) is 23.0 Å². The molecule has 0 saturated carbocycles. The summed E-state index contributed by atoms with van der Waals surface area (Å²) >= 11 is 0. The molecule has 3 aromatic carbocycles. The molecule has 0 amide bonds. The third kappa shape index (κ3) is 6.98. The zero-order valence-corrected chi connectivity index (χ0v) is 27.9. The van der Waals surface area contributed by atoms with E-state index in [9.17, 15) is 13.2 Å². The first kappa shape index (κ1) is 32.6. The van der Waals surface area contributed by atoms with Crippen LogP contribution in [0, 0.1) is 0 Å². The van der Waals surface area contributed by atoms with Crippen molar-refractivity contribution in [3.63, 3.8) is 0 Å². The van der Waals surface area contributed by atoms with E-state index >= 15 is 0 Å². The standard InChI is InChI=1S/C35H36BN8O4S/c1-42(23-36)21-25-4-9-28(10-5-25)43-22-27-20-32(38-34(27)39-35(43)45)26-7-11-30(12-8-26)49(46,47)44(29-14-16-37-17-15-29)18-2-3-24-6-13-31-33(19-24)41-48-40-31/h4-13,19-20,22-23,29,37H,2-3,14-18,21H2,1H3,(H,38,39,45). The van der Waals surface area contributed by atoms with E-state index in [-0.39, 0.29) is 10.9 Å². The maximum atomic E-state index is 14.1. The first-order chi connectivity index (χ1) is 23.8. The van der Waals surface area contributed by atoms with Crippen molar-refractivity contribution in [1.82, 2.24) is 39.4 Å². The van der Waals surface area contributed by atoms with Crippen LogP contribution < -0.4 is 11.0 Å². The van der Waals surface area contributed by atoms with Crippen LogP contribution in [0.4, 0.5) is 0 Å². The Morgan fingerprint density at radius 1 is 0.980 bits per heavy atom. The zero-order valence-electron chi connectivity index (χ0n) is 27.1. The summed E-state index contributed by atoms with van der Waals surface area (Å²) in [7, 11) is 3.70. The van der Waals surface area contributed by atoms with Crippen molar-refractivity contribution < 1.29 is 13.0 Å². The zero-order chi connectivity index (χ0) is 34.0. The quantitative estimate of drug-likeness (QED) is 0.186. The molecule has 2 N–H and O–H groups in total. The fraction of sp³-hybridized carbons (Fsp3) is 0.286. The molecule has 1 aliphatic rings. The van der Waals surface area contributed by atoms with Crippen molar-refractivity contribution in [3.8, 4) is 16.9 Å². The Balaban J connectivity index is 1.09. The third-order valence-corrected chi connectivity index (χ3v) is 11.0. The van der Waals surface area contributed by atoms with Gasteiger partial charge < -0.3 is 5.32 Å². The van der Waals surface area contributed by atoms with Gasteiger partial charge in [-0.3, -0.25) is 0 Å².